The Morgan fingerprint density at radius 2 is 2.13 bits per heavy atom. The van der Waals surface area contributed by atoms with Crippen molar-refractivity contribution in [2.75, 3.05) is 26.2 Å². The zero-order valence-corrected chi connectivity index (χ0v) is 12.8. The van der Waals surface area contributed by atoms with E-state index in [2.05, 4.69) is 5.32 Å². The topological polar surface area (TPSA) is 69.7 Å². The first-order valence-electron chi connectivity index (χ1n) is 7.55. The van der Waals surface area contributed by atoms with Gasteiger partial charge in [-0.05, 0) is 24.1 Å². The molecule has 122 valence electrons. The maximum Gasteiger partial charge on any atom is 0.245 e. The molecule has 2 heterocycles. The van der Waals surface area contributed by atoms with Gasteiger partial charge < -0.3 is 15.1 Å². The predicted octanol–water partition coefficient (Wildman–Crippen LogP) is -0.154. The minimum Gasteiger partial charge on any atom is -0.345 e. The van der Waals surface area contributed by atoms with E-state index in [1.165, 1.54) is 11.0 Å². The van der Waals surface area contributed by atoms with Gasteiger partial charge in [0.15, 0.2) is 0 Å². The highest BCUT2D eigenvalue weighted by atomic mass is 19.1. The van der Waals surface area contributed by atoms with Gasteiger partial charge in [-0.3, -0.25) is 14.4 Å². The molecule has 3 rings (SSSR count). The quantitative estimate of drug-likeness (QED) is 0.824. The molecule has 2 aliphatic heterocycles. The second-order valence-corrected chi connectivity index (χ2v) is 5.92. The van der Waals surface area contributed by atoms with Crippen molar-refractivity contribution in [1.82, 2.24) is 15.1 Å². The Hall–Kier alpha value is -2.44. The third-order valence-corrected chi connectivity index (χ3v) is 4.35. The first-order valence-corrected chi connectivity index (χ1v) is 7.55. The lowest BCUT2D eigenvalue weighted by atomic mass is 10.1. The van der Waals surface area contributed by atoms with E-state index < -0.39 is 6.04 Å². The fourth-order valence-electron chi connectivity index (χ4n) is 3.02. The normalized spacial score (nSPS) is 21.0. The van der Waals surface area contributed by atoms with Crippen LogP contribution in [-0.2, 0) is 20.8 Å². The lowest BCUT2D eigenvalue weighted by molar-refractivity contribution is -0.152. The zero-order valence-electron chi connectivity index (χ0n) is 12.8. The molecular weight excluding hydrogens is 301 g/mol. The molecule has 1 aromatic rings. The highest BCUT2D eigenvalue weighted by Crippen LogP contribution is 2.16. The van der Waals surface area contributed by atoms with E-state index in [0.717, 1.165) is 5.56 Å². The van der Waals surface area contributed by atoms with Gasteiger partial charge in [0.2, 0.25) is 17.7 Å². The third kappa shape index (κ3) is 3.04. The van der Waals surface area contributed by atoms with Crippen LogP contribution in [-0.4, -0.2) is 59.7 Å². The van der Waals surface area contributed by atoms with E-state index in [0.29, 0.717) is 18.7 Å². The maximum absolute atomic E-state index is 13.3. The van der Waals surface area contributed by atoms with Crippen LogP contribution < -0.4 is 5.32 Å². The third-order valence-electron chi connectivity index (χ3n) is 4.35. The number of aryl methyl sites for hydroxylation is 1. The summed E-state index contributed by atoms with van der Waals surface area (Å²) in [6.07, 6.45) is 0.156. The molecule has 7 heteroatoms. The largest absolute Gasteiger partial charge is 0.345 e. The van der Waals surface area contributed by atoms with Gasteiger partial charge in [0.05, 0.1) is 19.5 Å². The van der Waals surface area contributed by atoms with Crippen molar-refractivity contribution >= 4 is 17.7 Å². The first-order chi connectivity index (χ1) is 11.0. The lowest BCUT2D eigenvalue weighted by Crippen LogP contribution is -2.66. The van der Waals surface area contributed by atoms with Crippen molar-refractivity contribution in [1.29, 1.82) is 0 Å². The Bertz CT molecular complexity index is 677. The highest BCUT2D eigenvalue weighted by molar-refractivity contribution is 5.95. The summed E-state index contributed by atoms with van der Waals surface area (Å²) in [7, 11) is 0. The number of nitrogens with zero attached hydrogens (tertiary/aromatic N) is 2. The molecule has 23 heavy (non-hydrogen) atoms. The lowest BCUT2D eigenvalue weighted by Gasteiger charge is -2.42. The average Bonchev–Trinajstić information content (AvgIpc) is 2.54. The minimum atomic E-state index is -0.607. The minimum absolute atomic E-state index is 0.0259. The molecule has 0 spiro atoms. The second-order valence-electron chi connectivity index (χ2n) is 5.92. The van der Waals surface area contributed by atoms with Gasteiger partial charge in [0, 0.05) is 13.1 Å². The van der Waals surface area contributed by atoms with Crippen LogP contribution in [0.15, 0.2) is 18.2 Å². The second kappa shape index (κ2) is 5.98. The number of halogens is 1. The van der Waals surface area contributed by atoms with Crippen molar-refractivity contribution < 1.29 is 18.8 Å². The van der Waals surface area contributed by atoms with Crippen molar-refractivity contribution in [3.05, 3.63) is 35.1 Å². The summed E-state index contributed by atoms with van der Waals surface area (Å²) >= 11 is 0. The monoisotopic (exact) mass is 319 g/mol. The van der Waals surface area contributed by atoms with Gasteiger partial charge in [-0.2, -0.15) is 0 Å². The summed E-state index contributed by atoms with van der Waals surface area (Å²) in [6, 6.07) is 3.99. The number of rotatable bonds is 2. The SMILES string of the molecule is Cc1cc(CC(=O)N2CCN3C(=O)CNC(=O)[C@@H]3C2)ccc1F. The van der Waals surface area contributed by atoms with E-state index in [9.17, 15) is 18.8 Å². The van der Waals surface area contributed by atoms with E-state index in [1.54, 1.807) is 24.0 Å². The van der Waals surface area contributed by atoms with Crippen LogP contribution >= 0.6 is 0 Å². The maximum atomic E-state index is 13.3. The van der Waals surface area contributed by atoms with E-state index >= 15 is 0 Å². The number of amides is 3. The summed E-state index contributed by atoms with van der Waals surface area (Å²) in [6.45, 7) is 2.66. The van der Waals surface area contributed by atoms with Gasteiger partial charge >= 0.3 is 0 Å². The molecule has 1 atom stereocenters. The molecule has 0 aliphatic carbocycles. The number of hydrogen-bond donors (Lipinski definition) is 1. The van der Waals surface area contributed by atoms with Crippen molar-refractivity contribution in [3.8, 4) is 0 Å². The predicted molar refractivity (Wildman–Crippen MR) is 79.9 cm³/mol. The Labute approximate surface area is 133 Å². The van der Waals surface area contributed by atoms with Gasteiger partial charge in [-0.1, -0.05) is 12.1 Å². The van der Waals surface area contributed by atoms with Crippen LogP contribution in [0.25, 0.3) is 0 Å². The molecule has 0 radical (unpaired) electrons. The summed E-state index contributed by atoms with van der Waals surface area (Å²) < 4.78 is 13.3. The average molecular weight is 319 g/mol. The van der Waals surface area contributed by atoms with Crippen LogP contribution in [0.3, 0.4) is 0 Å². The Balaban J connectivity index is 1.67. The molecule has 2 saturated heterocycles. The number of carbonyl (C=O) groups excluding carboxylic acids is 3. The molecule has 1 N–H and O–H groups in total. The van der Waals surface area contributed by atoms with Gasteiger partial charge in [-0.15, -0.1) is 0 Å². The Kier molecular flexibility index (Phi) is 4.02. The number of carbonyl (C=O) groups is 3. The summed E-state index contributed by atoms with van der Waals surface area (Å²) in [5, 5.41) is 2.54. The van der Waals surface area contributed by atoms with Crippen molar-refractivity contribution in [2.45, 2.75) is 19.4 Å². The number of nitrogens with one attached hydrogen (secondary N) is 1. The van der Waals surface area contributed by atoms with Gasteiger partial charge in [0.25, 0.3) is 0 Å². The summed E-state index contributed by atoms with van der Waals surface area (Å²) in [4.78, 5) is 39.2. The number of benzene rings is 1. The fraction of sp³-hybridized carbons (Fsp3) is 0.438. The molecule has 0 bridgehead atoms. The molecule has 0 aromatic heterocycles. The number of fused-ring (bicyclic) bond motifs is 1. The molecule has 0 unspecified atom stereocenters. The van der Waals surface area contributed by atoms with Crippen molar-refractivity contribution in [2.24, 2.45) is 0 Å². The summed E-state index contributed by atoms with van der Waals surface area (Å²) in [5.41, 5.74) is 1.23. The number of piperazine rings is 2. The highest BCUT2D eigenvalue weighted by Gasteiger charge is 2.39. The summed E-state index contributed by atoms with van der Waals surface area (Å²) in [5.74, 6) is -0.760. The molecule has 0 saturated carbocycles. The molecule has 6 nitrogen and oxygen atoms in total. The van der Waals surface area contributed by atoms with Crippen LogP contribution in [0.1, 0.15) is 11.1 Å². The van der Waals surface area contributed by atoms with E-state index in [-0.39, 0.29) is 43.0 Å². The Morgan fingerprint density at radius 3 is 2.87 bits per heavy atom. The molecule has 2 fully saturated rings. The molecule has 3 amide bonds. The first kappa shape index (κ1) is 15.5. The van der Waals surface area contributed by atoms with Crippen LogP contribution in [0.4, 0.5) is 4.39 Å². The molecule has 2 aliphatic rings. The van der Waals surface area contributed by atoms with Gasteiger partial charge in [-0.25, -0.2) is 4.39 Å². The van der Waals surface area contributed by atoms with Crippen LogP contribution in [0.2, 0.25) is 0 Å². The Morgan fingerprint density at radius 1 is 1.35 bits per heavy atom. The van der Waals surface area contributed by atoms with Crippen LogP contribution in [0.5, 0.6) is 0 Å². The van der Waals surface area contributed by atoms with Crippen LogP contribution in [0, 0.1) is 12.7 Å². The fourth-order valence-corrected chi connectivity index (χ4v) is 3.02. The standard InChI is InChI=1S/C16H18FN3O3/c1-10-6-11(2-3-12(10)17)7-14(21)19-4-5-20-13(9-19)16(23)18-8-15(20)22/h2-3,6,13H,4-5,7-9H2,1H3,(H,18,23)/t13-/m0/s1. The molecule has 1 aromatic carbocycles. The van der Waals surface area contributed by atoms with Gasteiger partial charge in [0.1, 0.15) is 11.9 Å². The smallest absolute Gasteiger partial charge is 0.245 e. The molecular formula is C16H18FN3O3. The zero-order chi connectivity index (χ0) is 16.6. The number of hydrogen-bond acceptors (Lipinski definition) is 3. The van der Waals surface area contributed by atoms with Crippen molar-refractivity contribution in [3.63, 3.8) is 0 Å². The van der Waals surface area contributed by atoms with E-state index in [1.807, 2.05) is 0 Å². The van der Waals surface area contributed by atoms with E-state index in [4.69, 9.17) is 0 Å².